The maximum Gasteiger partial charge on any atom is 0.326 e. The number of benzene rings is 1. The van der Waals surface area contributed by atoms with Gasteiger partial charge in [0.2, 0.25) is 5.91 Å². The van der Waals surface area contributed by atoms with Gasteiger partial charge in [0.25, 0.3) is 0 Å². The number of nitrogens with zero attached hydrogens (tertiary/aromatic N) is 1. The molecule has 7 nitrogen and oxygen atoms in total. The highest BCUT2D eigenvalue weighted by Crippen LogP contribution is 2.21. The number of hydrogen-bond acceptors (Lipinski definition) is 3. The molecule has 3 N–H and O–H groups in total. The Labute approximate surface area is 161 Å². The van der Waals surface area contributed by atoms with E-state index in [0.29, 0.717) is 19.4 Å². The average Bonchev–Trinajstić information content (AvgIpc) is 2.58. The van der Waals surface area contributed by atoms with Gasteiger partial charge in [-0.05, 0) is 23.8 Å². The molecular weight excluding hydrogens is 346 g/mol. The summed E-state index contributed by atoms with van der Waals surface area (Å²) in [7, 11) is 1.68. The van der Waals surface area contributed by atoms with Crippen molar-refractivity contribution in [2.24, 2.45) is 5.41 Å². The molecular formula is C20H31N3O4. The average molecular weight is 377 g/mol. The Morgan fingerprint density at radius 3 is 2.33 bits per heavy atom. The lowest BCUT2D eigenvalue weighted by Gasteiger charge is -2.22. The highest BCUT2D eigenvalue weighted by Gasteiger charge is 2.22. The van der Waals surface area contributed by atoms with Gasteiger partial charge in [-0.1, -0.05) is 51.1 Å². The Bertz CT molecular complexity index is 626. The quantitative estimate of drug-likeness (QED) is 0.616. The van der Waals surface area contributed by atoms with Gasteiger partial charge in [0.1, 0.15) is 6.04 Å². The number of carbonyl (C=O) groups excluding carboxylic acids is 2. The van der Waals surface area contributed by atoms with Crippen LogP contribution in [0, 0.1) is 5.41 Å². The van der Waals surface area contributed by atoms with Gasteiger partial charge in [0.05, 0.1) is 0 Å². The molecule has 0 aliphatic carbocycles. The zero-order valence-corrected chi connectivity index (χ0v) is 16.6. The second kappa shape index (κ2) is 10.5. The summed E-state index contributed by atoms with van der Waals surface area (Å²) in [5.41, 5.74) is 1.01. The highest BCUT2D eigenvalue weighted by atomic mass is 16.4. The number of carbonyl (C=O) groups is 3. The maximum absolute atomic E-state index is 12.1. The van der Waals surface area contributed by atoms with Gasteiger partial charge in [-0.3, -0.25) is 4.79 Å². The molecule has 1 unspecified atom stereocenters. The van der Waals surface area contributed by atoms with Crippen molar-refractivity contribution in [3.05, 3.63) is 35.9 Å². The Morgan fingerprint density at radius 1 is 1.15 bits per heavy atom. The molecule has 0 aliphatic rings. The molecule has 1 aromatic rings. The zero-order valence-electron chi connectivity index (χ0n) is 16.6. The molecule has 1 rings (SSSR count). The number of nitrogens with one attached hydrogen (secondary N) is 2. The van der Waals surface area contributed by atoms with Crippen LogP contribution in [0.15, 0.2) is 30.3 Å². The minimum absolute atomic E-state index is 0.00423. The van der Waals surface area contributed by atoms with E-state index in [1.165, 1.54) is 4.90 Å². The molecule has 3 amide bonds. The summed E-state index contributed by atoms with van der Waals surface area (Å²) in [5, 5.41) is 14.5. The molecule has 0 bridgehead atoms. The molecule has 0 spiro atoms. The number of hydrogen-bond donors (Lipinski definition) is 3. The molecule has 0 aliphatic heterocycles. The predicted molar refractivity (Wildman–Crippen MR) is 104 cm³/mol. The fourth-order valence-electron chi connectivity index (χ4n) is 2.45. The molecule has 0 heterocycles. The Hall–Kier alpha value is -2.57. The van der Waals surface area contributed by atoms with Gasteiger partial charge in [0.15, 0.2) is 0 Å². The number of urea groups is 1. The first-order chi connectivity index (χ1) is 12.6. The van der Waals surface area contributed by atoms with E-state index in [0.717, 1.165) is 5.56 Å². The van der Waals surface area contributed by atoms with Crippen LogP contribution in [-0.4, -0.2) is 47.5 Å². The predicted octanol–water partition coefficient (Wildman–Crippen LogP) is 2.61. The normalized spacial score (nSPS) is 12.1. The van der Waals surface area contributed by atoms with E-state index in [4.69, 9.17) is 0 Å². The maximum atomic E-state index is 12.1. The minimum atomic E-state index is -1.04. The Balaban J connectivity index is 2.35. The van der Waals surface area contributed by atoms with E-state index < -0.39 is 12.0 Å². The smallest absolute Gasteiger partial charge is 0.326 e. The van der Waals surface area contributed by atoms with Crippen molar-refractivity contribution in [2.75, 3.05) is 13.6 Å². The van der Waals surface area contributed by atoms with Gasteiger partial charge in [-0.15, -0.1) is 0 Å². The lowest BCUT2D eigenvalue weighted by molar-refractivity contribution is -0.142. The van der Waals surface area contributed by atoms with E-state index in [-0.39, 0.29) is 30.3 Å². The summed E-state index contributed by atoms with van der Waals surface area (Å²) in [6.45, 7) is 6.68. The summed E-state index contributed by atoms with van der Waals surface area (Å²) in [5.74, 6) is -1.43. The molecule has 0 fully saturated rings. The Kier molecular flexibility index (Phi) is 8.78. The van der Waals surface area contributed by atoms with Crippen LogP contribution in [-0.2, 0) is 16.1 Å². The van der Waals surface area contributed by atoms with Gasteiger partial charge in [-0.25, -0.2) is 9.59 Å². The first-order valence-corrected chi connectivity index (χ1v) is 9.13. The van der Waals surface area contributed by atoms with Gasteiger partial charge >= 0.3 is 12.0 Å². The fourth-order valence-corrected chi connectivity index (χ4v) is 2.45. The van der Waals surface area contributed by atoms with Gasteiger partial charge in [-0.2, -0.15) is 0 Å². The summed E-state index contributed by atoms with van der Waals surface area (Å²) in [4.78, 5) is 36.9. The standard InChI is InChI=1S/C20H31N3O4/c1-20(2,3)12-10-16(18(25)26)22-17(24)11-13-21-19(27)23(4)14-15-8-6-5-7-9-15/h5-9,16H,10-14H2,1-4H3,(H,21,27)(H,22,24)(H,25,26). The van der Waals surface area contributed by atoms with Crippen LogP contribution in [0.4, 0.5) is 4.79 Å². The second-order valence-electron chi connectivity index (χ2n) is 7.88. The fraction of sp³-hybridized carbons (Fsp3) is 0.550. The lowest BCUT2D eigenvalue weighted by Crippen LogP contribution is -2.43. The van der Waals surface area contributed by atoms with Crippen molar-refractivity contribution in [1.29, 1.82) is 0 Å². The van der Waals surface area contributed by atoms with E-state index in [1.807, 2.05) is 51.1 Å². The molecule has 150 valence electrons. The summed E-state index contributed by atoms with van der Waals surface area (Å²) >= 11 is 0. The van der Waals surface area contributed by atoms with Crippen molar-refractivity contribution in [2.45, 2.75) is 52.6 Å². The summed E-state index contributed by atoms with van der Waals surface area (Å²) < 4.78 is 0. The summed E-state index contributed by atoms with van der Waals surface area (Å²) in [6, 6.07) is 8.39. The molecule has 0 radical (unpaired) electrons. The van der Waals surface area contributed by atoms with E-state index >= 15 is 0 Å². The van der Waals surface area contributed by atoms with Crippen LogP contribution in [0.3, 0.4) is 0 Å². The second-order valence-corrected chi connectivity index (χ2v) is 7.88. The van der Waals surface area contributed by atoms with Crippen LogP contribution in [0.25, 0.3) is 0 Å². The largest absolute Gasteiger partial charge is 0.480 e. The molecule has 27 heavy (non-hydrogen) atoms. The van der Waals surface area contributed by atoms with Crippen LogP contribution >= 0.6 is 0 Å². The zero-order chi connectivity index (χ0) is 20.4. The van der Waals surface area contributed by atoms with Crippen molar-refractivity contribution in [3.63, 3.8) is 0 Å². The highest BCUT2D eigenvalue weighted by molar-refractivity contribution is 5.84. The number of amides is 3. The van der Waals surface area contributed by atoms with Crippen LogP contribution < -0.4 is 10.6 Å². The third-order valence-corrected chi connectivity index (χ3v) is 4.05. The van der Waals surface area contributed by atoms with Crippen molar-refractivity contribution < 1.29 is 19.5 Å². The molecule has 0 saturated heterocycles. The molecule has 0 saturated carbocycles. The van der Waals surface area contributed by atoms with Crippen LogP contribution in [0.2, 0.25) is 0 Å². The molecule has 1 aromatic carbocycles. The number of aliphatic carboxylic acids is 1. The number of rotatable bonds is 9. The molecule has 7 heteroatoms. The third-order valence-electron chi connectivity index (χ3n) is 4.05. The van der Waals surface area contributed by atoms with Crippen LogP contribution in [0.5, 0.6) is 0 Å². The minimum Gasteiger partial charge on any atom is -0.480 e. The van der Waals surface area contributed by atoms with Gasteiger partial charge in [0, 0.05) is 26.6 Å². The van der Waals surface area contributed by atoms with Crippen molar-refractivity contribution in [1.82, 2.24) is 15.5 Å². The Morgan fingerprint density at radius 2 is 1.78 bits per heavy atom. The molecule has 0 aromatic heterocycles. The van der Waals surface area contributed by atoms with Crippen molar-refractivity contribution >= 4 is 17.9 Å². The first kappa shape index (κ1) is 22.5. The van der Waals surface area contributed by atoms with E-state index in [9.17, 15) is 19.5 Å². The number of carboxylic acids is 1. The van der Waals surface area contributed by atoms with Crippen LogP contribution in [0.1, 0.15) is 45.6 Å². The first-order valence-electron chi connectivity index (χ1n) is 9.13. The van der Waals surface area contributed by atoms with E-state index in [1.54, 1.807) is 7.05 Å². The van der Waals surface area contributed by atoms with Gasteiger partial charge < -0.3 is 20.6 Å². The SMILES string of the molecule is CN(Cc1ccccc1)C(=O)NCCC(=O)NC(CCC(C)(C)C)C(=O)O. The summed E-state index contributed by atoms with van der Waals surface area (Å²) in [6.07, 6.45) is 1.09. The lowest BCUT2D eigenvalue weighted by atomic mass is 9.88. The molecule has 1 atom stereocenters. The topological polar surface area (TPSA) is 98.7 Å². The monoisotopic (exact) mass is 377 g/mol. The van der Waals surface area contributed by atoms with Crippen molar-refractivity contribution in [3.8, 4) is 0 Å². The third kappa shape index (κ3) is 9.63. The number of carboxylic acid groups (broad SMARTS) is 1. The van der Waals surface area contributed by atoms with E-state index in [2.05, 4.69) is 10.6 Å².